The van der Waals surface area contributed by atoms with Crippen molar-refractivity contribution in [1.82, 2.24) is 9.97 Å². The van der Waals surface area contributed by atoms with E-state index in [0.29, 0.717) is 11.7 Å². The van der Waals surface area contributed by atoms with Gasteiger partial charge in [-0.2, -0.15) is 0 Å². The Bertz CT molecular complexity index is 771. The van der Waals surface area contributed by atoms with Crippen LogP contribution >= 0.6 is 0 Å². The SMILES string of the molecule is CCCc1c(N)ncnc1Oc1ccc2ccccc2c1. The Kier molecular flexibility index (Phi) is 3.69. The first-order chi connectivity index (χ1) is 10.3. The molecule has 1 aromatic heterocycles. The summed E-state index contributed by atoms with van der Waals surface area (Å²) < 4.78 is 5.92. The van der Waals surface area contributed by atoms with Crippen LogP contribution in [0, 0.1) is 0 Å². The van der Waals surface area contributed by atoms with Crippen LogP contribution in [0.3, 0.4) is 0 Å². The monoisotopic (exact) mass is 279 g/mol. The maximum Gasteiger partial charge on any atom is 0.227 e. The van der Waals surface area contributed by atoms with Gasteiger partial charge in [0, 0.05) is 0 Å². The van der Waals surface area contributed by atoms with Gasteiger partial charge < -0.3 is 10.5 Å². The van der Waals surface area contributed by atoms with Crippen molar-refractivity contribution in [2.75, 3.05) is 5.73 Å². The molecule has 0 aliphatic rings. The van der Waals surface area contributed by atoms with Gasteiger partial charge in [-0.25, -0.2) is 9.97 Å². The predicted octanol–water partition coefficient (Wildman–Crippen LogP) is 3.96. The van der Waals surface area contributed by atoms with Crippen LogP contribution in [0.1, 0.15) is 18.9 Å². The lowest BCUT2D eigenvalue weighted by atomic mass is 10.1. The van der Waals surface area contributed by atoms with E-state index in [0.717, 1.165) is 29.5 Å². The summed E-state index contributed by atoms with van der Waals surface area (Å²) in [5.74, 6) is 1.78. The van der Waals surface area contributed by atoms with Crippen LogP contribution in [0.15, 0.2) is 48.8 Å². The molecule has 0 bridgehead atoms. The van der Waals surface area contributed by atoms with Crippen molar-refractivity contribution >= 4 is 16.6 Å². The first-order valence-corrected chi connectivity index (χ1v) is 7.04. The summed E-state index contributed by atoms with van der Waals surface area (Å²) in [6, 6.07) is 14.1. The molecular formula is C17H17N3O. The molecule has 0 saturated carbocycles. The molecule has 0 radical (unpaired) electrons. The highest BCUT2D eigenvalue weighted by atomic mass is 16.5. The molecule has 0 atom stereocenters. The van der Waals surface area contributed by atoms with E-state index < -0.39 is 0 Å². The van der Waals surface area contributed by atoms with Gasteiger partial charge in [-0.15, -0.1) is 0 Å². The first kappa shape index (κ1) is 13.4. The molecule has 0 saturated heterocycles. The van der Waals surface area contributed by atoms with E-state index in [1.807, 2.05) is 30.3 Å². The van der Waals surface area contributed by atoms with E-state index in [-0.39, 0.29) is 0 Å². The van der Waals surface area contributed by atoms with Crippen LogP contribution in [0.4, 0.5) is 5.82 Å². The molecule has 4 nitrogen and oxygen atoms in total. The highest BCUT2D eigenvalue weighted by molar-refractivity contribution is 5.83. The number of nitrogens with zero attached hydrogens (tertiary/aromatic N) is 2. The summed E-state index contributed by atoms with van der Waals surface area (Å²) in [4.78, 5) is 8.26. The number of hydrogen-bond donors (Lipinski definition) is 1. The van der Waals surface area contributed by atoms with Crippen LogP contribution in [-0.4, -0.2) is 9.97 Å². The Labute approximate surface area is 123 Å². The van der Waals surface area contributed by atoms with E-state index in [1.54, 1.807) is 0 Å². The highest BCUT2D eigenvalue weighted by Gasteiger charge is 2.10. The summed E-state index contributed by atoms with van der Waals surface area (Å²) in [7, 11) is 0. The predicted molar refractivity (Wildman–Crippen MR) is 84.5 cm³/mol. The van der Waals surface area contributed by atoms with Gasteiger partial charge in [0.25, 0.3) is 0 Å². The Morgan fingerprint density at radius 3 is 2.67 bits per heavy atom. The second-order valence-electron chi connectivity index (χ2n) is 4.90. The topological polar surface area (TPSA) is 61.0 Å². The zero-order valence-corrected chi connectivity index (χ0v) is 11.9. The van der Waals surface area contributed by atoms with Gasteiger partial charge in [-0.3, -0.25) is 0 Å². The molecule has 3 aromatic rings. The van der Waals surface area contributed by atoms with E-state index in [9.17, 15) is 0 Å². The van der Waals surface area contributed by atoms with Crippen molar-refractivity contribution < 1.29 is 4.74 Å². The number of ether oxygens (including phenoxy) is 1. The van der Waals surface area contributed by atoms with Crippen molar-refractivity contribution in [3.63, 3.8) is 0 Å². The smallest absolute Gasteiger partial charge is 0.227 e. The van der Waals surface area contributed by atoms with Crippen molar-refractivity contribution in [3.8, 4) is 11.6 Å². The molecular weight excluding hydrogens is 262 g/mol. The number of benzene rings is 2. The minimum Gasteiger partial charge on any atom is -0.439 e. The number of fused-ring (bicyclic) bond motifs is 1. The van der Waals surface area contributed by atoms with E-state index in [4.69, 9.17) is 10.5 Å². The van der Waals surface area contributed by atoms with Gasteiger partial charge in [0.15, 0.2) is 0 Å². The van der Waals surface area contributed by atoms with E-state index in [2.05, 4.69) is 29.0 Å². The zero-order chi connectivity index (χ0) is 14.7. The third-order valence-electron chi connectivity index (χ3n) is 3.37. The van der Waals surface area contributed by atoms with Gasteiger partial charge in [0.1, 0.15) is 17.9 Å². The average molecular weight is 279 g/mol. The van der Waals surface area contributed by atoms with E-state index in [1.165, 1.54) is 11.7 Å². The molecule has 4 heteroatoms. The minimum absolute atomic E-state index is 0.489. The summed E-state index contributed by atoms with van der Waals surface area (Å²) in [6.45, 7) is 2.09. The zero-order valence-electron chi connectivity index (χ0n) is 11.9. The molecule has 1 heterocycles. The van der Waals surface area contributed by atoms with Crippen LogP contribution in [0.5, 0.6) is 11.6 Å². The Balaban J connectivity index is 1.96. The van der Waals surface area contributed by atoms with Crippen LogP contribution in [0.25, 0.3) is 10.8 Å². The van der Waals surface area contributed by atoms with Crippen LogP contribution < -0.4 is 10.5 Å². The molecule has 0 amide bonds. The highest BCUT2D eigenvalue weighted by Crippen LogP contribution is 2.28. The molecule has 2 aromatic carbocycles. The standard InChI is InChI=1S/C17H17N3O/c1-2-5-15-16(18)19-11-20-17(15)21-14-9-8-12-6-3-4-7-13(12)10-14/h3-4,6-11H,2,5H2,1H3,(H2,18,19,20). The van der Waals surface area contributed by atoms with E-state index >= 15 is 0 Å². The van der Waals surface area contributed by atoms with Gasteiger partial charge >= 0.3 is 0 Å². The molecule has 0 spiro atoms. The van der Waals surface area contributed by atoms with Gasteiger partial charge in [-0.05, 0) is 29.3 Å². The van der Waals surface area contributed by atoms with Crippen molar-refractivity contribution in [2.45, 2.75) is 19.8 Å². The number of anilines is 1. The van der Waals surface area contributed by atoms with Crippen molar-refractivity contribution in [1.29, 1.82) is 0 Å². The molecule has 0 unspecified atom stereocenters. The lowest BCUT2D eigenvalue weighted by molar-refractivity contribution is 0.455. The molecule has 3 rings (SSSR count). The molecule has 2 N–H and O–H groups in total. The third-order valence-corrected chi connectivity index (χ3v) is 3.37. The fraction of sp³-hybridized carbons (Fsp3) is 0.176. The Morgan fingerprint density at radius 2 is 1.86 bits per heavy atom. The van der Waals surface area contributed by atoms with Crippen LogP contribution in [-0.2, 0) is 6.42 Å². The third kappa shape index (κ3) is 2.79. The molecule has 0 fully saturated rings. The second-order valence-corrected chi connectivity index (χ2v) is 4.90. The molecule has 0 aliphatic heterocycles. The maximum atomic E-state index is 5.92. The molecule has 21 heavy (non-hydrogen) atoms. The van der Waals surface area contributed by atoms with Crippen molar-refractivity contribution in [3.05, 3.63) is 54.4 Å². The number of nitrogen functional groups attached to an aromatic ring is 1. The number of rotatable bonds is 4. The maximum absolute atomic E-state index is 5.92. The average Bonchev–Trinajstić information content (AvgIpc) is 2.51. The number of nitrogens with two attached hydrogens (primary N) is 1. The fourth-order valence-electron chi connectivity index (χ4n) is 2.32. The number of hydrogen-bond acceptors (Lipinski definition) is 4. The fourth-order valence-corrected chi connectivity index (χ4v) is 2.32. The minimum atomic E-state index is 0.489. The lowest BCUT2D eigenvalue weighted by Gasteiger charge is -2.11. The first-order valence-electron chi connectivity index (χ1n) is 7.04. The summed E-state index contributed by atoms with van der Waals surface area (Å²) in [6.07, 6.45) is 3.20. The summed E-state index contributed by atoms with van der Waals surface area (Å²) in [5.41, 5.74) is 6.79. The van der Waals surface area contributed by atoms with Crippen molar-refractivity contribution in [2.24, 2.45) is 0 Å². The summed E-state index contributed by atoms with van der Waals surface area (Å²) >= 11 is 0. The van der Waals surface area contributed by atoms with Gasteiger partial charge in [0.05, 0.1) is 5.56 Å². The normalized spacial score (nSPS) is 10.7. The number of aromatic nitrogens is 2. The Morgan fingerprint density at radius 1 is 1.05 bits per heavy atom. The largest absolute Gasteiger partial charge is 0.439 e. The lowest BCUT2D eigenvalue weighted by Crippen LogP contribution is -2.02. The second kappa shape index (κ2) is 5.79. The molecule has 0 aliphatic carbocycles. The van der Waals surface area contributed by atoms with Gasteiger partial charge in [-0.1, -0.05) is 43.7 Å². The molecule has 106 valence electrons. The van der Waals surface area contributed by atoms with Crippen LogP contribution in [0.2, 0.25) is 0 Å². The Hall–Kier alpha value is -2.62. The quantitative estimate of drug-likeness (QED) is 0.785. The summed E-state index contributed by atoms with van der Waals surface area (Å²) in [5, 5.41) is 2.31. The van der Waals surface area contributed by atoms with Gasteiger partial charge in [0.2, 0.25) is 5.88 Å².